The molecule has 0 aliphatic carbocycles. The van der Waals surface area contributed by atoms with E-state index in [1.54, 1.807) is 50.2 Å². The van der Waals surface area contributed by atoms with Crippen molar-refractivity contribution in [3.63, 3.8) is 0 Å². The first kappa shape index (κ1) is 29.3. The Morgan fingerprint density at radius 2 is 1.43 bits per heavy atom. The molecule has 10 heteroatoms. The van der Waals surface area contributed by atoms with Crippen molar-refractivity contribution in [3.8, 4) is 5.75 Å². The summed E-state index contributed by atoms with van der Waals surface area (Å²) in [4.78, 5) is 50.2. The number of hydrogen-bond acceptors (Lipinski definition) is 7. The number of phenols is 1. The van der Waals surface area contributed by atoms with Crippen LogP contribution in [0.1, 0.15) is 31.9 Å². The van der Waals surface area contributed by atoms with Gasteiger partial charge in [0.1, 0.15) is 17.8 Å². The number of ether oxygens (including phenoxy) is 1. The van der Waals surface area contributed by atoms with Crippen LogP contribution in [0, 0.1) is 5.92 Å². The molecule has 0 aliphatic rings. The summed E-state index contributed by atoms with van der Waals surface area (Å²) in [5, 5.41) is 28.0. The van der Waals surface area contributed by atoms with Gasteiger partial charge in [-0.25, -0.2) is 4.79 Å². The van der Waals surface area contributed by atoms with Crippen molar-refractivity contribution >= 4 is 23.7 Å². The lowest BCUT2D eigenvalue weighted by atomic mass is 9.98. The number of aromatic hydroxyl groups is 1. The minimum Gasteiger partial charge on any atom is -0.508 e. The van der Waals surface area contributed by atoms with Crippen molar-refractivity contribution in [1.82, 2.24) is 16.0 Å². The van der Waals surface area contributed by atoms with Crippen molar-refractivity contribution in [2.75, 3.05) is 7.11 Å². The smallest absolute Gasteiger partial charge is 0.336 e. The molecule has 200 valence electrons. The van der Waals surface area contributed by atoms with Crippen LogP contribution in [-0.4, -0.2) is 65.2 Å². The topological polar surface area (TPSA) is 154 Å². The van der Waals surface area contributed by atoms with Gasteiger partial charge in [-0.1, -0.05) is 56.3 Å². The molecule has 0 unspecified atom stereocenters. The first-order valence-corrected chi connectivity index (χ1v) is 12.0. The van der Waals surface area contributed by atoms with Crippen LogP contribution >= 0.6 is 0 Å². The van der Waals surface area contributed by atoms with E-state index in [9.17, 15) is 29.4 Å². The van der Waals surface area contributed by atoms with Gasteiger partial charge in [0.15, 0.2) is 6.10 Å². The number of benzene rings is 2. The second-order valence-electron chi connectivity index (χ2n) is 9.13. The number of methoxy groups -OCH3 is 1. The summed E-state index contributed by atoms with van der Waals surface area (Å²) in [5.74, 6) is -2.79. The van der Waals surface area contributed by atoms with Gasteiger partial charge in [-0.2, -0.15) is 0 Å². The van der Waals surface area contributed by atoms with Gasteiger partial charge in [0.2, 0.25) is 17.7 Å². The summed E-state index contributed by atoms with van der Waals surface area (Å²) >= 11 is 0. The number of carbonyl (C=O) groups excluding carboxylic acids is 4. The third-order valence-electron chi connectivity index (χ3n) is 5.77. The second-order valence-corrected chi connectivity index (χ2v) is 9.13. The molecule has 0 saturated heterocycles. The Morgan fingerprint density at radius 1 is 0.838 bits per heavy atom. The number of rotatable bonds is 12. The minimum atomic E-state index is -1.63. The lowest BCUT2D eigenvalue weighted by Crippen LogP contribution is -2.59. The number of aliphatic hydroxyl groups is 1. The van der Waals surface area contributed by atoms with Crippen molar-refractivity contribution in [2.45, 2.75) is 57.8 Å². The highest BCUT2D eigenvalue weighted by Gasteiger charge is 2.33. The molecule has 10 nitrogen and oxygen atoms in total. The zero-order valence-corrected chi connectivity index (χ0v) is 21.4. The predicted molar refractivity (Wildman–Crippen MR) is 136 cm³/mol. The monoisotopic (exact) mass is 513 g/mol. The van der Waals surface area contributed by atoms with Crippen LogP contribution in [0.25, 0.3) is 0 Å². The van der Waals surface area contributed by atoms with Gasteiger partial charge in [0, 0.05) is 13.3 Å². The fraction of sp³-hybridized carbons (Fsp3) is 0.407. The highest BCUT2D eigenvalue weighted by Crippen LogP contribution is 2.13. The Labute approximate surface area is 216 Å². The van der Waals surface area contributed by atoms with Crippen LogP contribution in [0.15, 0.2) is 54.6 Å². The van der Waals surface area contributed by atoms with Gasteiger partial charge in [0.25, 0.3) is 0 Å². The molecule has 0 radical (unpaired) electrons. The Bertz CT molecular complexity index is 1060. The zero-order chi connectivity index (χ0) is 27.5. The largest absolute Gasteiger partial charge is 0.508 e. The normalized spacial score (nSPS) is 14.1. The molecule has 2 aromatic rings. The fourth-order valence-corrected chi connectivity index (χ4v) is 3.78. The van der Waals surface area contributed by atoms with Gasteiger partial charge >= 0.3 is 5.97 Å². The molecule has 0 heterocycles. The Hall–Kier alpha value is -3.92. The minimum absolute atomic E-state index is 0.0695. The molecule has 0 aliphatic heterocycles. The molecule has 2 rings (SSSR count). The van der Waals surface area contributed by atoms with Gasteiger partial charge in [0.05, 0.1) is 13.2 Å². The van der Waals surface area contributed by atoms with Gasteiger partial charge in [-0.05, 0) is 35.6 Å². The molecule has 37 heavy (non-hydrogen) atoms. The Morgan fingerprint density at radius 3 is 1.97 bits per heavy atom. The fourth-order valence-electron chi connectivity index (χ4n) is 3.78. The Kier molecular flexibility index (Phi) is 11.1. The molecule has 5 N–H and O–H groups in total. The SMILES string of the molecule is COC(=O)[C@H](O)[C@H](Cc1ccccc1)NC(=O)[C@@H](NC(=O)[C@H](Cc1ccc(O)cc1)NC(C)=O)C(C)C. The van der Waals surface area contributed by atoms with Gasteiger partial charge in [-0.3, -0.25) is 14.4 Å². The summed E-state index contributed by atoms with van der Waals surface area (Å²) in [6, 6.07) is 12.2. The average molecular weight is 514 g/mol. The van der Waals surface area contributed by atoms with Crippen molar-refractivity contribution in [2.24, 2.45) is 5.92 Å². The van der Waals surface area contributed by atoms with Crippen molar-refractivity contribution < 1.29 is 34.1 Å². The van der Waals surface area contributed by atoms with Gasteiger partial charge < -0.3 is 30.9 Å². The number of carbonyl (C=O) groups is 4. The van der Waals surface area contributed by atoms with E-state index in [0.29, 0.717) is 5.56 Å². The average Bonchev–Trinajstić information content (AvgIpc) is 2.86. The standard InChI is InChI=1S/C27H35N3O7/c1-16(2)23(30-25(34)22(28-17(3)31)15-19-10-12-20(32)13-11-19)26(35)29-21(24(33)27(36)37-4)14-18-8-6-5-7-9-18/h5-13,16,21-24,32-33H,14-15H2,1-4H3,(H,28,31)(H,29,35)(H,30,34)/t21-,22-,23-,24+/m0/s1. The quantitative estimate of drug-likeness (QED) is 0.264. The summed E-state index contributed by atoms with van der Waals surface area (Å²) < 4.78 is 4.65. The first-order valence-electron chi connectivity index (χ1n) is 12.0. The lowest BCUT2D eigenvalue weighted by Gasteiger charge is -2.29. The van der Waals surface area contributed by atoms with E-state index in [0.717, 1.165) is 12.7 Å². The van der Waals surface area contributed by atoms with E-state index in [1.165, 1.54) is 19.1 Å². The van der Waals surface area contributed by atoms with Crippen LogP contribution in [0.4, 0.5) is 0 Å². The number of esters is 1. The van der Waals surface area contributed by atoms with E-state index in [2.05, 4.69) is 20.7 Å². The molecule has 3 amide bonds. The zero-order valence-electron chi connectivity index (χ0n) is 21.4. The third-order valence-corrected chi connectivity index (χ3v) is 5.77. The summed E-state index contributed by atoms with van der Waals surface area (Å²) in [6.45, 7) is 4.76. The number of amides is 3. The van der Waals surface area contributed by atoms with Crippen molar-refractivity contribution in [1.29, 1.82) is 0 Å². The third kappa shape index (κ3) is 9.23. The highest BCUT2D eigenvalue weighted by molar-refractivity contribution is 5.92. The number of phenolic OH excluding ortho intramolecular Hbond substituents is 1. The molecule has 4 atom stereocenters. The lowest BCUT2D eigenvalue weighted by molar-refractivity contribution is -0.152. The maximum Gasteiger partial charge on any atom is 0.336 e. The van der Waals surface area contributed by atoms with E-state index < -0.39 is 47.9 Å². The summed E-state index contributed by atoms with van der Waals surface area (Å²) in [6.07, 6.45) is -1.34. The molecule has 0 spiro atoms. The highest BCUT2D eigenvalue weighted by atomic mass is 16.5. The maximum absolute atomic E-state index is 13.3. The molecule has 0 aromatic heterocycles. The number of hydrogen-bond donors (Lipinski definition) is 5. The molecular weight excluding hydrogens is 478 g/mol. The Balaban J connectivity index is 2.20. The molecular formula is C27H35N3O7. The molecule has 0 fully saturated rings. The second kappa shape index (κ2) is 14.0. The first-order chi connectivity index (χ1) is 17.5. The number of aliphatic hydroxyl groups excluding tert-OH is 1. The van der Waals surface area contributed by atoms with Crippen LogP contribution in [-0.2, 0) is 36.8 Å². The van der Waals surface area contributed by atoms with E-state index in [-0.39, 0.29) is 24.5 Å². The molecule has 0 bridgehead atoms. The maximum atomic E-state index is 13.3. The van der Waals surface area contributed by atoms with Crippen LogP contribution in [0.2, 0.25) is 0 Å². The molecule has 0 saturated carbocycles. The van der Waals surface area contributed by atoms with E-state index in [1.807, 2.05) is 6.07 Å². The summed E-state index contributed by atoms with van der Waals surface area (Å²) in [5.41, 5.74) is 1.47. The van der Waals surface area contributed by atoms with Crippen LogP contribution < -0.4 is 16.0 Å². The van der Waals surface area contributed by atoms with E-state index >= 15 is 0 Å². The molecule has 2 aromatic carbocycles. The predicted octanol–water partition coefficient (Wildman–Crippen LogP) is 0.842. The van der Waals surface area contributed by atoms with Crippen molar-refractivity contribution in [3.05, 3.63) is 65.7 Å². The summed E-state index contributed by atoms with van der Waals surface area (Å²) in [7, 11) is 1.14. The van der Waals surface area contributed by atoms with Crippen LogP contribution in [0.3, 0.4) is 0 Å². The van der Waals surface area contributed by atoms with Gasteiger partial charge in [-0.15, -0.1) is 0 Å². The van der Waals surface area contributed by atoms with Crippen LogP contribution in [0.5, 0.6) is 5.75 Å². The number of nitrogens with one attached hydrogen (secondary N) is 3. The van der Waals surface area contributed by atoms with E-state index in [4.69, 9.17) is 0 Å².